The van der Waals surface area contributed by atoms with E-state index in [4.69, 9.17) is 27.9 Å². The second-order valence-corrected chi connectivity index (χ2v) is 5.79. The van der Waals surface area contributed by atoms with E-state index in [1.165, 1.54) is 0 Å². The second-order valence-electron chi connectivity index (χ2n) is 4.95. The van der Waals surface area contributed by atoms with Crippen LogP contribution in [-0.2, 0) is 11.3 Å². The van der Waals surface area contributed by atoms with Crippen molar-refractivity contribution < 1.29 is 9.53 Å². The van der Waals surface area contributed by atoms with Gasteiger partial charge < -0.3 is 15.0 Å². The highest BCUT2D eigenvalue weighted by Gasteiger charge is 2.25. The van der Waals surface area contributed by atoms with Crippen molar-refractivity contribution in [1.82, 2.24) is 10.2 Å². The lowest BCUT2D eigenvalue weighted by Crippen LogP contribution is -2.50. The molecule has 1 N–H and O–H groups in total. The molecule has 1 fully saturated rings. The molecular weight excluding hydrogens is 299 g/mol. The molecular formula is C14H18Cl2N2O2. The second kappa shape index (κ2) is 7.16. The van der Waals surface area contributed by atoms with Crippen LogP contribution in [0.25, 0.3) is 0 Å². The van der Waals surface area contributed by atoms with E-state index in [-0.39, 0.29) is 6.03 Å². The van der Waals surface area contributed by atoms with E-state index in [0.29, 0.717) is 42.2 Å². The van der Waals surface area contributed by atoms with Crippen LogP contribution in [0.4, 0.5) is 4.79 Å². The number of urea groups is 1. The quantitative estimate of drug-likeness (QED) is 0.906. The molecule has 110 valence electrons. The van der Waals surface area contributed by atoms with Crippen LogP contribution in [0.3, 0.4) is 0 Å². The molecule has 0 radical (unpaired) electrons. The summed E-state index contributed by atoms with van der Waals surface area (Å²) in [5.41, 5.74) is 0.901. The van der Waals surface area contributed by atoms with Gasteiger partial charge in [0.2, 0.25) is 0 Å². The normalized spacial score (nSPS) is 19.1. The van der Waals surface area contributed by atoms with Crippen molar-refractivity contribution in [2.45, 2.75) is 13.0 Å². The third-order valence-corrected chi connectivity index (χ3v) is 4.00. The lowest BCUT2D eigenvalue weighted by atomic mass is 10.0. The molecule has 0 saturated carbocycles. The fourth-order valence-electron chi connectivity index (χ4n) is 2.27. The highest BCUT2D eigenvalue weighted by atomic mass is 35.5. The number of nitrogens with zero attached hydrogens (tertiary/aromatic N) is 1. The van der Waals surface area contributed by atoms with Crippen molar-refractivity contribution in [2.75, 3.05) is 26.8 Å². The van der Waals surface area contributed by atoms with Gasteiger partial charge in [0.25, 0.3) is 0 Å². The number of methoxy groups -OCH3 is 1. The molecule has 1 heterocycles. The summed E-state index contributed by atoms with van der Waals surface area (Å²) in [6.07, 6.45) is 0.932. The highest BCUT2D eigenvalue weighted by molar-refractivity contribution is 6.35. The fraction of sp³-hybridized carbons (Fsp3) is 0.500. The van der Waals surface area contributed by atoms with E-state index in [1.807, 2.05) is 6.07 Å². The monoisotopic (exact) mass is 316 g/mol. The molecule has 20 heavy (non-hydrogen) atoms. The van der Waals surface area contributed by atoms with Crippen LogP contribution in [0, 0.1) is 5.92 Å². The summed E-state index contributed by atoms with van der Waals surface area (Å²) in [7, 11) is 1.69. The van der Waals surface area contributed by atoms with E-state index in [2.05, 4.69) is 5.32 Å². The third kappa shape index (κ3) is 4.01. The maximum atomic E-state index is 11.9. The minimum Gasteiger partial charge on any atom is -0.385 e. The summed E-state index contributed by atoms with van der Waals surface area (Å²) in [4.78, 5) is 13.7. The number of rotatable bonds is 5. The van der Waals surface area contributed by atoms with Gasteiger partial charge in [-0.15, -0.1) is 0 Å². The van der Waals surface area contributed by atoms with Gasteiger partial charge in [-0.05, 0) is 30.0 Å². The van der Waals surface area contributed by atoms with Gasteiger partial charge in [0, 0.05) is 43.4 Å². The van der Waals surface area contributed by atoms with E-state index < -0.39 is 0 Å². The summed E-state index contributed by atoms with van der Waals surface area (Å²) < 4.78 is 5.09. The van der Waals surface area contributed by atoms with Crippen LogP contribution in [0.5, 0.6) is 0 Å². The number of nitrogens with one attached hydrogen (secondary N) is 1. The Morgan fingerprint density at radius 3 is 2.95 bits per heavy atom. The molecule has 0 bridgehead atoms. The van der Waals surface area contributed by atoms with Crippen molar-refractivity contribution in [3.8, 4) is 0 Å². The lowest BCUT2D eigenvalue weighted by Gasteiger charge is -2.33. The van der Waals surface area contributed by atoms with Gasteiger partial charge in [-0.25, -0.2) is 4.79 Å². The first-order valence-electron chi connectivity index (χ1n) is 6.55. The maximum absolute atomic E-state index is 11.9. The Hall–Kier alpha value is -0.970. The number of halogens is 2. The van der Waals surface area contributed by atoms with Crippen molar-refractivity contribution >= 4 is 29.2 Å². The molecule has 1 aliphatic rings. The van der Waals surface area contributed by atoms with E-state index in [9.17, 15) is 4.79 Å². The van der Waals surface area contributed by atoms with Gasteiger partial charge in [-0.1, -0.05) is 29.3 Å². The lowest BCUT2D eigenvalue weighted by molar-refractivity contribution is 0.135. The minimum atomic E-state index is -0.0512. The number of carbonyl (C=O) groups is 1. The first kappa shape index (κ1) is 15.4. The molecule has 0 aromatic heterocycles. The number of hydrogen-bond donors (Lipinski definition) is 1. The SMILES string of the molecule is COCCC1CNC(=O)N(Cc2ccc(Cl)cc2Cl)C1. The molecule has 0 spiro atoms. The number of benzene rings is 1. The van der Waals surface area contributed by atoms with Gasteiger partial charge in [0.15, 0.2) is 0 Å². The molecule has 2 amide bonds. The zero-order valence-corrected chi connectivity index (χ0v) is 12.9. The average Bonchev–Trinajstić information content (AvgIpc) is 2.42. The van der Waals surface area contributed by atoms with Crippen LogP contribution in [0.1, 0.15) is 12.0 Å². The van der Waals surface area contributed by atoms with Crippen molar-refractivity contribution in [3.05, 3.63) is 33.8 Å². The van der Waals surface area contributed by atoms with Crippen LogP contribution in [0.2, 0.25) is 10.0 Å². The Kier molecular flexibility index (Phi) is 5.52. The largest absolute Gasteiger partial charge is 0.385 e. The van der Waals surface area contributed by atoms with Crippen LogP contribution >= 0.6 is 23.2 Å². The first-order valence-corrected chi connectivity index (χ1v) is 7.31. The van der Waals surface area contributed by atoms with Crippen molar-refractivity contribution in [2.24, 2.45) is 5.92 Å². The molecule has 0 aliphatic carbocycles. The molecule has 4 nitrogen and oxygen atoms in total. The molecule has 1 aromatic carbocycles. The minimum absolute atomic E-state index is 0.0512. The Bertz CT molecular complexity index is 482. The summed E-state index contributed by atoms with van der Waals surface area (Å²) in [6, 6.07) is 5.29. The summed E-state index contributed by atoms with van der Waals surface area (Å²) >= 11 is 12.0. The van der Waals surface area contributed by atoms with Crippen molar-refractivity contribution in [3.63, 3.8) is 0 Å². The van der Waals surface area contributed by atoms with E-state index >= 15 is 0 Å². The van der Waals surface area contributed by atoms with Gasteiger partial charge in [0.1, 0.15) is 0 Å². The van der Waals surface area contributed by atoms with Gasteiger partial charge in [-0.2, -0.15) is 0 Å². The molecule has 1 saturated heterocycles. The molecule has 2 rings (SSSR count). The first-order chi connectivity index (χ1) is 9.60. The maximum Gasteiger partial charge on any atom is 0.317 e. The Balaban J connectivity index is 2.00. The highest BCUT2D eigenvalue weighted by Crippen LogP contribution is 2.23. The Labute approximate surface area is 129 Å². The molecule has 1 aliphatic heterocycles. The van der Waals surface area contributed by atoms with Crippen LogP contribution < -0.4 is 5.32 Å². The smallest absolute Gasteiger partial charge is 0.317 e. The van der Waals surface area contributed by atoms with Crippen LogP contribution in [-0.4, -0.2) is 37.7 Å². The Morgan fingerprint density at radius 1 is 1.45 bits per heavy atom. The fourth-order valence-corrected chi connectivity index (χ4v) is 2.74. The summed E-state index contributed by atoms with van der Waals surface area (Å²) in [5.74, 6) is 0.402. The standard InChI is InChI=1S/C14H18Cl2N2O2/c1-20-5-4-10-7-17-14(19)18(8-10)9-11-2-3-12(15)6-13(11)16/h2-3,6,10H,4-5,7-9H2,1H3,(H,17,19). The molecule has 1 atom stereocenters. The van der Waals surface area contributed by atoms with Crippen molar-refractivity contribution in [1.29, 1.82) is 0 Å². The number of amides is 2. The average molecular weight is 317 g/mol. The van der Waals surface area contributed by atoms with E-state index in [1.54, 1.807) is 24.1 Å². The molecule has 1 unspecified atom stereocenters. The topological polar surface area (TPSA) is 41.6 Å². The Morgan fingerprint density at radius 2 is 2.25 bits per heavy atom. The predicted octanol–water partition coefficient (Wildman–Crippen LogP) is 3.17. The van der Waals surface area contributed by atoms with Gasteiger partial charge >= 0.3 is 6.03 Å². The van der Waals surface area contributed by atoms with E-state index in [0.717, 1.165) is 12.0 Å². The van der Waals surface area contributed by atoms with Gasteiger partial charge in [-0.3, -0.25) is 0 Å². The zero-order valence-electron chi connectivity index (χ0n) is 11.4. The zero-order chi connectivity index (χ0) is 14.5. The van der Waals surface area contributed by atoms with Crippen LogP contribution in [0.15, 0.2) is 18.2 Å². The molecule has 6 heteroatoms. The predicted molar refractivity (Wildman–Crippen MR) is 80.3 cm³/mol. The third-order valence-electron chi connectivity index (χ3n) is 3.41. The van der Waals surface area contributed by atoms with Gasteiger partial charge in [0.05, 0.1) is 0 Å². The number of hydrogen-bond acceptors (Lipinski definition) is 2. The number of carbonyl (C=O) groups excluding carboxylic acids is 1. The number of ether oxygens (including phenoxy) is 1. The summed E-state index contributed by atoms with van der Waals surface area (Å²) in [5, 5.41) is 4.09. The molecule has 1 aromatic rings. The summed E-state index contributed by atoms with van der Waals surface area (Å²) in [6.45, 7) is 2.61.